The first-order valence-electron chi connectivity index (χ1n) is 5.91. The van der Waals surface area contributed by atoms with Gasteiger partial charge in [0.1, 0.15) is 11.6 Å². The van der Waals surface area contributed by atoms with Gasteiger partial charge in [-0.25, -0.2) is 9.97 Å². The summed E-state index contributed by atoms with van der Waals surface area (Å²) >= 11 is 0. The lowest BCUT2D eigenvalue weighted by Gasteiger charge is -2.23. The van der Waals surface area contributed by atoms with Crippen molar-refractivity contribution < 1.29 is 4.79 Å². The van der Waals surface area contributed by atoms with E-state index < -0.39 is 11.3 Å². The Morgan fingerprint density at radius 3 is 2.37 bits per heavy atom. The molecule has 2 rings (SSSR count). The van der Waals surface area contributed by atoms with Crippen LogP contribution in [0, 0.1) is 0 Å². The summed E-state index contributed by atoms with van der Waals surface area (Å²) in [7, 11) is 0. The zero-order valence-electron chi connectivity index (χ0n) is 10.9. The van der Waals surface area contributed by atoms with Gasteiger partial charge in [0.05, 0.1) is 5.56 Å². The van der Waals surface area contributed by atoms with E-state index in [1.165, 1.54) is 6.20 Å². The molecule has 19 heavy (non-hydrogen) atoms. The SMILES string of the molecule is CC(C)(c1ccccc1)c1ncc(C(N)=O)c(N)n1. The fourth-order valence-corrected chi connectivity index (χ4v) is 1.87. The molecule has 0 saturated heterocycles. The van der Waals surface area contributed by atoms with Gasteiger partial charge in [0.15, 0.2) is 0 Å². The Morgan fingerprint density at radius 1 is 1.21 bits per heavy atom. The van der Waals surface area contributed by atoms with Crippen molar-refractivity contribution in [3.63, 3.8) is 0 Å². The van der Waals surface area contributed by atoms with E-state index in [0.29, 0.717) is 5.82 Å². The molecule has 0 saturated carbocycles. The first-order chi connectivity index (χ1) is 8.93. The first kappa shape index (κ1) is 13.0. The predicted molar refractivity (Wildman–Crippen MR) is 73.5 cm³/mol. The summed E-state index contributed by atoms with van der Waals surface area (Å²) in [6.07, 6.45) is 1.38. The third-order valence-corrected chi connectivity index (χ3v) is 3.14. The van der Waals surface area contributed by atoms with E-state index in [4.69, 9.17) is 11.5 Å². The molecule has 0 radical (unpaired) electrons. The number of hydrogen-bond acceptors (Lipinski definition) is 4. The van der Waals surface area contributed by atoms with Gasteiger partial charge in [-0.2, -0.15) is 0 Å². The average molecular weight is 256 g/mol. The number of aromatic nitrogens is 2. The van der Waals surface area contributed by atoms with E-state index in [1.54, 1.807) is 0 Å². The number of carbonyl (C=O) groups excluding carboxylic acids is 1. The maximum atomic E-state index is 11.1. The number of amides is 1. The van der Waals surface area contributed by atoms with Crippen LogP contribution < -0.4 is 11.5 Å². The second kappa shape index (κ2) is 4.68. The number of nitrogens with zero attached hydrogens (tertiary/aromatic N) is 2. The monoisotopic (exact) mass is 256 g/mol. The number of primary amides is 1. The first-order valence-corrected chi connectivity index (χ1v) is 5.91. The topological polar surface area (TPSA) is 94.9 Å². The molecule has 0 spiro atoms. The van der Waals surface area contributed by atoms with E-state index in [-0.39, 0.29) is 11.4 Å². The summed E-state index contributed by atoms with van der Waals surface area (Å²) in [5.41, 5.74) is 11.8. The molecule has 0 atom stereocenters. The highest BCUT2D eigenvalue weighted by molar-refractivity contribution is 5.96. The standard InChI is InChI=1S/C14H16N4O/c1-14(2,9-6-4-3-5-7-9)13-17-8-10(12(16)19)11(15)18-13/h3-8H,1-2H3,(H2,16,19)(H2,15,17,18). The summed E-state index contributed by atoms with van der Waals surface area (Å²) in [6.45, 7) is 4.00. The summed E-state index contributed by atoms with van der Waals surface area (Å²) in [6, 6.07) is 9.87. The molecule has 2 aromatic rings. The molecular weight excluding hydrogens is 240 g/mol. The van der Waals surface area contributed by atoms with Gasteiger partial charge in [0.2, 0.25) is 0 Å². The third-order valence-electron chi connectivity index (χ3n) is 3.14. The third kappa shape index (κ3) is 2.40. The summed E-state index contributed by atoms with van der Waals surface area (Å²) in [5.74, 6) is 0.0456. The van der Waals surface area contributed by atoms with E-state index >= 15 is 0 Å². The molecule has 4 N–H and O–H groups in total. The van der Waals surface area contributed by atoms with Crippen LogP contribution in [-0.4, -0.2) is 15.9 Å². The zero-order chi connectivity index (χ0) is 14.0. The fourth-order valence-electron chi connectivity index (χ4n) is 1.87. The normalized spacial score (nSPS) is 11.3. The predicted octanol–water partition coefficient (Wildman–Crippen LogP) is 1.48. The van der Waals surface area contributed by atoms with E-state index in [9.17, 15) is 4.79 Å². The van der Waals surface area contributed by atoms with E-state index in [1.807, 2.05) is 44.2 Å². The number of nitrogen functional groups attached to an aromatic ring is 1. The molecule has 0 unspecified atom stereocenters. The second-order valence-electron chi connectivity index (χ2n) is 4.85. The molecule has 5 nitrogen and oxygen atoms in total. The van der Waals surface area contributed by atoms with Gasteiger partial charge in [-0.05, 0) is 19.4 Å². The zero-order valence-corrected chi connectivity index (χ0v) is 10.9. The van der Waals surface area contributed by atoms with Gasteiger partial charge in [0, 0.05) is 11.6 Å². The Labute approximate surface area is 111 Å². The lowest BCUT2D eigenvalue weighted by atomic mass is 9.84. The number of rotatable bonds is 3. The van der Waals surface area contributed by atoms with Crippen LogP contribution in [0.5, 0.6) is 0 Å². The second-order valence-corrected chi connectivity index (χ2v) is 4.85. The maximum absolute atomic E-state index is 11.1. The molecule has 0 aliphatic carbocycles. The van der Waals surface area contributed by atoms with Crippen LogP contribution in [0.1, 0.15) is 35.6 Å². The Morgan fingerprint density at radius 2 is 1.84 bits per heavy atom. The quantitative estimate of drug-likeness (QED) is 0.869. The van der Waals surface area contributed by atoms with Crippen molar-refractivity contribution in [3.05, 3.63) is 53.5 Å². The van der Waals surface area contributed by atoms with Crippen molar-refractivity contribution in [1.82, 2.24) is 9.97 Å². The van der Waals surface area contributed by atoms with Gasteiger partial charge in [-0.15, -0.1) is 0 Å². The summed E-state index contributed by atoms with van der Waals surface area (Å²) < 4.78 is 0. The molecule has 0 aliphatic rings. The molecule has 5 heteroatoms. The largest absolute Gasteiger partial charge is 0.383 e. The molecule has 1 heterocycles. The minimum Gasteiger partial charge on any atom is -0.383 e. The molecule has 0 fully saturated rings. The van der Waals surface area contributed by atoms with Crippen LogP contribution in [-0.2, 0) is 5.41 Å². The van der Waals surface area contributed by atoms with Crippen LogP contribution in [0.2, 0.25) is 0 Å². The van der Waals surface area contributed by atoms with Gasteiger partial charge in [-0.1, -0.05) is 30.3 Å². The number of anilines is 1. The Bertz CT molecular complexity index is 608. The number of benzene rings is 1. The van der Waals surface area contributed by atoms with Crippen molar-refractivity contribution >= 4 is 11.7 Å². The minimum absolute atomic E-state index is 0.113. The Kier molecular flexibility index (Phi) is 3.21. The maximum Gasteiger partial charge on any atom is 0.254 e. The van der Waals surface area contributed by atoms with Gasteiger partial charge in [-0.3, -0.25) is 4.79 Å². The Balaban J connectivity index is 2.47. The highest BCUT2D eigenvalue weighted by Gasteiger charge is 2.27. The number of hydrogen-bond donors (Lipinski definition) is 2. The van der Waals surface area contributed by atoms with E-state index in [2.05, 4.69) is 9.97 Å². The number of carbonyl (C=O) groups is 1. The molecule has 1 amide bonds. The van der Waals surface area contributed by atoms with E-state index in [0.717, 1.165) is 5.56 Å². The van der Waals surface area contributed by atoms with Gasteiger partial charge >= 0.3 is 0 Å². The summed E-state index contributed by atoms with van der Waals surface area (Å²) in [4.78, 5) is 19.5. The van der Waals surface area contributed by atoms with Crippen molar-refractivity contribution in [1.29, 1.82) is 0 Å². The van der Waals surface area contributed by atoms with Gasteiger partial charge < -0.3 is 11.5 Å². The van der Waals surface area contributed by atoms with Crippen LogP contribution in [0.3, 0.4) is 0 Å². The summed E-state index contributed by atoms with van der Waals surface area (Å²) in [5, 5.41) is 0. The van der Waals surface area contributed by atoms with Crippen molar-refractivity contribution in [2.45, 2.75) is 19.3 Å². The molecule has 0 aliphatic heterocycles. The smallest absolute Gasteiger partial charge is 0.254 e. The van der Waals surface area contributed by atoms with Crippen LogP contribution in [0.15, 0.2) is 36.5 Å². The lowest BCUT2D eigenvalue weighted by molar-refractivity contribution is 0.100. The molecular formula is C14H16N4O. The highest BCUT2D eigenvalue weighted by atomic mass is 16.1. The van der Waals surface area contributed by atoms with Gasteiger partial charge in [0.25, 0.3) is 5.91 Å². The molecule has 98 valence electrons. The van der Waals surface area contributed by atoms with Crippen LogP contribution in [0.4, 0.5) is 5.82 Å². The molecule has 1 aromatic carbocycles. The molecule has 0 bridgehead atoms. The average Bonchev–Trinajstić information content (AvgIpc) is 2.39. The minimum atomic E-state index is -0.624. The lowest BCUT2D eigenvalue weighted by Crippen LogP contribution is -2.24. The highest BCUT2D eigenvalue weighted by Crippen LogP contribution is 2.29. The van der Waals surface area contributed by atoms with Crippen LogP contribution in [0.25, 0.3) is 0 Å². The van der Waals surface area contributed by atoms with Crippen LogP contribution >= 0.6 is 0 Å². The van der Waals surface area contributed by atoms with Crippen molar-refractivity contribution in [3.8, 4) is 0 Å². The van der Waals surface area contributed by atoms with Crippen molar-refractivity contribution in [2.75, 3.05) is 5.73 Å². The fraction of sp³-hybridized carbons (Fsp3) is 0.214. The number of nitrogens with two attached hydrogens (primary N) is 2. The van der Waals surface area contributed by atoms with Crippen molar-refractivity contribution in [2.24, 2.45) is 5.73 Å². The molecule has 1 aromatic heterocycles. The Hall–Kier alpha value is -2.43.